The second-order valence-corrected chi connectivity index (χ2v) is 9.16. The Bertz CT molecular complexity index is 771. The Morgan fingerprint density at radius 1 is 1.44 bits per heavy atom. The van der Waals surface area contributed by atoms with Crippen molar-refractivity contribution in [3.63, 3.8) is 0 Å². The molecule has 1 amide bonds. The summed E-state index contributed by atoms with van der Waals surface area (Å²) >= 11 is 0. The fraction of sp³-hybridized carbons (Fsp3) is 0.500. The molecule has 3 rings (SSSR count). The molecule has 1 aromatic rings. The van der Waals surface area contributed by atoms with Gasteiger partial charge < -0.3 is 15.4 Å². The van der Waals surface area contributed by atoms with Gasteiger partial charge in [-0.3, -0.25) is 4.79 Å². The van der Waals surface area contributed by atoms with Gasteiger partial charge >= 0.3 is 0 Å². The monoisotopic (exact) mass is 364 g/mol. The van der Waals surface area contributed by atoms with Crippen LogP contribution in [-0.4, -0.2) is 44.3 Å². The van der Waals surface area contributed by atoms with Crippen molar-refractivity contribution in [3.8, 4) is 5.75 Å². The molecule has 1 aliphatic heterocycles. The number of amides is 1. The van der Waals surface area contributed by atoms with Gasteiger partial charge in [0, 0.05) is 12.1 Å². The molecule has 0 spiro atoms. The first kappa shape index (κ1) is 17.9. The molecule has 1 saturated heterocycles. The lowest BCUT2D eigenvalue weighted by Gasteiger charge is -2.16. The number of ether oxygens (including phenoxy) is 1. The van der Waals surface area contributed by atoms with Gasteiger partial charge in [0.15, 0.2) is 9.84 Å². The van der Waals surface area contributed by atoms with E-state index in [2.05, 4.69) is 17.2 Å². The molecule has 2 N–H and O–H groups in total. The minimum absolute atomic E-state index is 0.110. The molecule has 1 heterocycles. The van der Waals surface area contributed by atoms with Crippen LogP contribution in [0.25, 0.3) is 0 Å². The van der Waals surface area contributed by atoms with Crippen molar-refractivity contribution in [3.05, 3.63) is 36.9 Å². The van der Waals surface area contributed by atoms with Crippen LogP contribution in [0.4, 0.5) is 0 Å². The number of benzene rings is 1. The minimum atomic E-state index is -3.60. The molecule has 1 saturated carbocycles. The molecule has 1 aromatic carbocycles. The molecule has 136 valence electrons. The quantitative estimate of drug-likeness (QED) is 0.715. The van der Waals surface area contributed by atoms with E-state index in [1.807, 2.05) is 6.92 Å². The fourth-order valence-corrected chi connectivity index (χ4v) is 4.77. The van der Waals surface area contributed by atoms with Crippen LogP contribution < -0.4 is 15.4 Å². The summed E-state index contributed by atoms with van der Waals surface area (Å²) in [5.41, 5.74) is -0.110. The van der Waals surface area contributed by atoms with Crippen LogP contribution >= 0.6 is 0 Å². The van der Waals surface area contributed by atoms with E-state index in [0.717, 1.165) is 12.8 Å². The Morgan fingerprint density at radius 3 is 2.84 bits per heavy atom. The largest absolute Gasteiger partial charge is 0.488 e. The van der Waals surface area contributed by atoms with Crippen LogP contribution in [0.3, 0.4) is 0 Å². The molecule has 2 fully saturated rings. The number of rotatable bonds is 7. The molecule has 25 heavy (non-hydrogen) atoms. The number of nitrogens with one attached hydrogen (secondary N) is 2. The number of hydrogen-bond donors (Lipinski definition) is 2. The van der Waals surface area contributed by atoms with Gasteiger partial charge in [-0.2, -0.15) is 0 Å². The SMILES string of the molecule is C=CCOc1ccccc1S(=O)(=O)C1CNC(C(=O)NC2(C)CC2)C1. The number of carbonyl (C=O) groups excluding carboxylic acids is 1. The van der Waals surface area contributed by atoms with E-state index in [1.54, 1.807) is 30.3 Å². The summed E-state index contributed by atoms with van der Waals surface area (Å²) < 4.78 is 31.5. The number of carbonyl (C=O) groups is 1. The molecular weight excluding hydrogens is 340 g/mol. The van der Waals surface area contributed by atoms with E-state index >= 15 is 0 Å². The maximum absolute atomic E-state index is 13.0. The highest BCUT2D eigenvalue weighted by molar-refractivity contribution is 7.92. The molecule has 2 atom stereocenters. The Hall–Kier alpha value is -1.86. The first-order chi connectivity index (χ1) is 11.9. The molecule has 0 aromatic heterocycles. The maximum atomic E-state index is 13.0. The predicted octanol–water partition coefficient (Wildman–Crippen LogP) is 1.42. The Kier molecular flexibility index (Phi) is 4.88. The maximum Gasteiger partial charge on any atom is 0.237 e. The van der Waals surface area contributed by atoms with Gasteiger partial charge in [0.2, 0.25) is 5.91 Å². The van der Waals surface area contributed by atoms with E-state index in [-0.39, 0.29) is 35.9 Å². The summed E-state index contributed by atoms with van der Waals surface area (Å²) in [5, 5.41) is 5.39. The second-order valence-electron chi connectivity index (χ2n) is 6.96. The van der Waals surface area contributed by atoms with Crippen LogP contribution in [-0.2, 0) is 14.6 Å². The van der Waals surface area contributed by atoms with E-state index in [1.165, 1.54) is 0 Å². The van der Waals surface area contributed by atoms with Gasteiger partial charge in [0.1, 0.15) is 17.3 Å². The number of para-hydroxylation sites is 1. The van der Waals surface area contributed by atoms with E-state index in [0.29, 0.717) is 5.75 Å². The van der Waals surface area contributed by atoms with E-state index < -0.39 is 21.1 Å². The lowest BCUT2D eigenvalue weighted by molar-refractivity contribution is -0.123. The third kappa shape index (κ3) is 3.88. The Balaban J connectivity index is 1.73. The van der Waals surface area contributed by atoms with Gasteiger partial charge in [-0.1, -0.05) is 24.8 Å². The summed E-state index contributed by atoms with van der Waals surface area (Å²) in [5.74, 6) is 0.203. The van der Waals surface area contributed by atoms with Gasteiger partial charge in [0.25, 0.3) is 0 Å². The first-order valence-corrected chi connectivity index (χ1v) is 10.0. The Labute approximate surface area is 148 Å². The van der Waals surface area contributed by atoms with Crippen LogP contribution in [0.1, 0.15) is 26.2 Å². The average Bonchev–Trinajstić information content (AvgIpc) is 3.11. The van der Waals surface area contributed by atoms with E-state index in [4.69, 9.17) is 4.74 Å². The Morgan fingerprint density at radius 2 is 2.16 bits per heavy atom. The van der Waals surface area contributed by atoms with Gasteiger partial charge in [0.05, 0.1) is 11.3 Å². The molecule has 0 bridgehead atoms. The molecule has 2 unspecified atom stereocenters. The smallest absolute Gasteiger partial charge is 0.237 e. The summed E-state index contributed by atoms with van der Waals surface area (Å²) in [6, 6.07) is 6.12. The zero-order valence-corrected chi connectivity index (χ0v) is 15.1. The predicted molar refractivity (Wildman–Crippen MR) is 95.3 cm³/mol. The van der Waals surface area contributed by atoms with Gasteiger partial charge in [-0.05, 0) is 38.3 Å². The average molecular weight is 364 g/mol. The van der Waals surface area contributed by atoms with Crippen molar-refractivity contribution in [2.75, 3.05) is 13.2 Å². The summed E-state index contributed by atoms with van der Waals surface area (Å²) in [4.78, 5) is 12.5. The van der Waals surface area contributed by atoms with Gasteiger partial charge in [-0.25, -0.2) is 8.42 Å². The van der Waals surface area contributed by atoms with Crippen molar-refractivity contribution in [2.24, 2.45) is 0 Å². The van der Waals surface area contributed by atoms with Crippen LogP contribution in [0.2, 0.25) is 0 Å². The lowest BCUT2D eigenvalue weighted by Crippen LogP contribution is -2.45. The first-order valence-electron chi connectivity index (χ1n) is 8.48. The normalized spacial score (nSPS) is 24.5. The lowest BCUT2D eigenvalue weighted by atomic mass is 10.2. The van der Waals surface area contributed by atoms with E-state index in [9.17, 15) is 13.2 Å². The highest BCUT2D eigenvalue weighted by Crippen LogP contribution is 2.35. The third-order valence-electron chi connectivity index (χ3n) is 4.78. The summed E-state index contributed by atoms with van der Waals surface area (Å²) in [7, 11) is -3.60. The highest BCUT2D eigenvalue weighted by Gasteiger charge is 2.43. The fourth-order valence-electron chi connectivity index (χ4n) is 2.97. The van der Waals surface area contributed by atoms with Crippen molar-refractivity contribution >= 4 is 15.7 Å². The van der Waals surface area contributed by atoms with Gasteiger partial charge in [-0.15, -0.1) is 0 Å². The molecule has 7 heteroatoms. The molecule has 6 nitrogen and oxygen atoms in total. The minimum Gasteiger partial charge on any atom is -0.488 e. The standard InChI is InChI=1S/C18H24N2O4S/c1-3-10-24-15-6-4-5-7-16(15)25(22,23)13-11-14(19-12-13)17(21)20-18(2)8-9-18/h3-7,13-14,19H,1,8-12H2,2H3,(H,20,21). The van der Waals surface area contributed by atoms with Crippen molar-refractivity contribution < 1.29 is 17.9 Å². The molecule has 1 aliphatic carbocycles. The number of hydrogen-bond acceptors (Lipinski definition) is 5. The molecule has 0 radical (unpaired) electrons. The zero-order valence-electron chi connectivity index (χ0n) is 14.3. The zero-order chi connectivity index (χ0) is 18.1. The second kappa shape index (κ2) is 6.80. The van der Waals surface area contributed by atoms with Crippen LogP contribution in [0.15, 0.2) is 41.8 Å². The van der Waals surface area contributed by atoms with Crippen molar-refractivity contribution in [1.29, 1.82) is 0 Å². The van der Waals surface area contributed by atoms with Crippen LogP contribution in [0.5, 0.6) is 5.75 Å². The molecule has 2 aliphatic rings. The summed E-state index contributed by atoms with van der Waals surface area (Å²) in [6.45, 7) is 6.07. The highest BCUT2D eigenvalue weighted by atomic mass is 32.2. The number of sulfone groups is 1. The third-order valence-corrected chi connectivity index (χ3v) is 6.97. The van der Waals surface area contributed by atoms with Crippen LogP contribution in [0, 0.1) is 0 Å². The summed E-state index contributed by atoms with van der Waals surface area (Å²) in [6.07, 6.45) is 3.78. The molecular formula is C18H24N2O4S. The van der Waals surface area contributed by atoms with Crippen molar-refractivity contribution in [2.45, 2.75) is 47.9 Å². The van der Waals surface area contributed by atoms with Crippen molar-refractivity contribution in [1.82, 2.24) is 10.6 Å². The topological polar surface area (TPSA) is 84.5 Å².